The predicted molar refractivity (Wildman–Crippen MR) is 85.6 cm³/mol. The van der Waals surface area contributed by atoms with E-state index in [1.54, 1.807) is 0 Å². The molecule has 0 radical (unpaired) electrons. The number of benzene rings is 1. The number of halogens is 1. The summed E-state index contributed by atoms with van der Waals surface area (Å²) in [5.41, 5.74) is 1.97. The molecule has 106 valence electrons. The summed E-state index contributed by atoms with van der Waals surface area (Å²) in [5, 5.41) is 10.2. The largest absolute Gasteiger partial charge is 0.476 e. The van der Waals surface area contributed by atoms with E-state index in [0.29, 0.717) is 4.88 Å². The third kappa shape index (κ3) is 2.94. The first-order chi connectivity index (χ1) is 9.20. The summed E-state index contributed by atoms with van der Waals surface area (Å²) >= 11 is 4.96. The second-order valence-corrected chi connectivity index (χ2v) is 7.59. The third-order valence-electron chi connectivity index (χ3n) is 2.84. The molecule has 2 rings (SSSR count). The zero-order chi connectivity index (χ0) is 15.1. The van der Waals surface area contributed by atoms with E-state index in [9.17, 15) is 9.90 Å². The van der Waals surface area contributed by atoms with Crippen LogP contribution in [-0.2, 0) is 5.41 Å². The standard InChI is InChI=1S/C15H16BrNO2S/c1-8-5-6-9(10(16)7-8)12-11(13(18)19)17-14(20-12)15(2,3)4/h5-7H,1-4H3,(H,18,19). The Morgan fingerprint density at radius 1 is 1.35 bits per heavy atom. The Morgan fingerprint density at radius 3 is 2.50 bits per heavy atom. The number of carbonyl (C=O) groups is 1. The topological polar surface area (TPSA) is 50.2 Å². The number of aromatic nitrogens is 1. The Labute approximate surface area is 130 Å². The molecule has 0 saturated heterocycles. The van der Waals surface area contributed by atoms with E-state index in [-0.39, 0.29) is 11.1 Å². The van der Waals surface area contributed by atoms with Crippen LogP contribution >= 0.6 is 27.3 Å². The summed E-state index contributed by atoms with van der Waals surface area (Å²) in [4.78, 5) is 16.5. The predicted octanol–water partition coefficient (Wildman–Crippen LogP) is 4.88. The summed E-state index contributed by atoms with van der Waals surface area (Å²) in [6.45, 7) is 8.10. The van der Waals surface area contributed by atoms with Crippen molar-refractivity contribution in [1.82, 2.24) is 4.98 Å². The molecule has 1 aromatic heterocycles. The SMILES string of the molecule is Cc1ccc(-c2sc(C(C)(C)C)nc2C(=O)O)c(Br)c1. The Kier molecular flexibility index (Phi) is 4.02. The van der Waals surface area contributed by atoms with E-state index in [2.05, 4.69) is 20.9 Å². The van der Waals surface area contributed by atoms with Gasteiger partial charge in [0.05, 0.1) is 9.88 Å². The lowest BCUT2D eigenvalue weighted by Crippen LogP contribution is -2.11. The van der Waals surface area contributed by atoms with Gasteiger partial charge in [0.2, 0.25) is 0 Å². The number of carboxylic acid groups (broad SMARTS) is 1. The molecule has 2 aromatic rings. The number of hydrogen-bond acceptors (Lipinski definition) is 3. The highest BCUT2D eigenvalue weighted by Gasteiger charge is 2.26. The summed E-state index contributed by atoms with van der Waals surface area (Å²) in [6, 6.07) is 5.89. The second-order valence-electron chi connectivity index (χ2n) is 5.74. The van der Waals surface area contributed by atoms with E-state index in [4.69, 9.17) is 0 Å². The quantitative estimate of drug-likeness (QED) is 0.837. The van der Waals surface area contributed by atoms with Crippen molar-refractivity contribution >= 4 is 33.2 Å². The van der Waals surface area contributed by atoms with Gasteiger partial charge in [-0.3, -0.25) is 0 Å². The van der Waals surface area contributed by atoms with E-state index >= 15 is 0 Å². The zero-order valence-corrected chi connectivity index (χ0v) is 14.2. The van der Waals surface area contributed by atoms with Crippen LogP contribution in [0, 0.1) is 6.92 Å². The number of thiazole rings is 1. The molecule has 1 heterocycles. The summed E-state index contributed by atoms with van der Waals surface area (Å²) in [6.07, 6.45) is 0. The van der Waals surface area contributed by atoms with Gasteiger partial charge in [-0.15, -0.1) is 11.3 Å². The third-order valence-corrected chi connectivity index (χ3v) is 5.01. The average molecular weight is 354 g/mol. The maximum atomic E-state index is 11.4. The molecule has 1 aromatic carbocycles. The van der Waals surface area contributed by atoms with Crippen LogP contribution in [0.25, 0.3) is 10.4 Å². The van der Waals surface area contributed by atoms with Gasteiger partial charge in [0.25, 0.3) is 0 Å². The molecule has 1 N–H and O–H groups in total. The normalized spacial score (nSPS) is 11.7. The fraction of sp³-hybridized carbons (Fsp3) is 0.333. The minimum atomic E-state index is -0.987. The first-order valence-electron chi connectivity index (χ1n) is 6.21. The smallest absolute Gasteiger partial charge is 0.356 e. The molecule has 5 heteroatoms. The lowest BCUT2D eigenvalue weighted by molar-refractivity contribution is 0.0692. The minimum Gasteiger partial charge on any atom is -0.476 e. The van der Waals surface area contributed by atoms with Gasteiger partial charge in [-0.2, -0.15) is 0 Å². The van der Waals surface area contributed by atoms with Crippen LogP contribution in [0.2, 0.25) is 0 Å². The van der Waals surface area contributed by atoms with Gasteiger partial charge in [0.1, 0.15) is 0 Å². The van der Waals surface area contributed by atoms with E-state index in [0.717, 1.165) is 20.6 Å². The molecule has 20 heavy (non-hydrogen) atoms. The first kappa shape index (κ1) is 15.2. The molecule has 0 aliphatic rings. The number of aromatic carboxylic acids is 1. The number of rotatable bonds is 2. The lowest BCUT2D eigenvalue weighted by Gasteiger charge is -2.13. The first-order valence-corrected chi connectivity index (χ1v) is 7.82. The van der Waals surface area contributed by atoms with Gasteiger partial charge >= 0.3 is 5.97 Å². The van der Waals surface area contributed by atoms with Gasteiger partial charge in [-0.05, 0) is 18.6 Å². The minimum absolute atomic E-state index is 0.129. The highest BCUT2D eigenvalue weighted by molar-refractivity contribution is 9.10. The maximum Gasteiger partial charge on any atom is 0.356 e. The van der Waals surface area contributed by atoms with E-state index in [1.165, 1.54) is 11.3 Å². The van der Waals surface area contributed by atoms with Gasteiger partial charge in [0, 0.05) is 15.5 Å². The lowest BCUT2D eigenvalue weighted by atomic mass is 9.98. The van der Waals surface area contributed by atoms with Crippen molar-refractivity contribution < 1.29 is 9.90 Å². The summed E-state index contributed by atoms with van der Waals surface area (Å²) in [7, 11) is 0. The average Bonchev–Trinajstić information content (AvgIpc) is 2.73. The molecular formula is C15H16BrNO2S. The van der Waals surface area contributed by atoms with Crippen LogP contribution in [0.3, 0.4) is 0 Å². The van der Waals surface area contributed by atoms with Crippen molar-refractivity contribution in [2.75, 3.05) is 0 Å². The van der Waals surface area contributed by atoms with Crippen molar-refractivity contribution in [2.45, 2.75) is 33.1 Å². The molecule has 0 aliphatic heterocycles. The van der Waals surface area contributed by atoms with Gasteiger partial charge in [-0.25, -0.2) is 9.78 Å². The van der Waals surface area contributed by atoms with Crippen LogP contribution < -0.4 is 0 Å². The van der Waals surface area contributed by atoms with E-state index in [1.807, 2.05) is 45.9 Å². The molecule has 3 nitrogen and oxygen atoms in total. The van der Waals surface area contributed by atoms with Crippen molar-refractivity contribution in [3.05, 3.63) is 38.9 Å². The van der Waals surface area contributed by atoms with Crippen LogP contribution in [0.15, 0.2) is 22.7 Å². The fourth-order valence-corrected chi connectivity index (χ4v) is 3.75. The van der Waals surface area contributed by atoms with Crippen molar-refractivity contribution in [1.29, 1.82) is 0 Å². The van der Waals surface area contributed by atoms with Gasteiger partial charge in [0.15, 0.2) is 5.69 Å². The summed E-state index contributed by atoms with van der Waals surface area (Å²) < 4.78 is 0.893. The maximum absolute atomic E-state index is 11.4. The molecule has 0 atom stereocenters. The van der Waals surface area contributed by atoms with Gasteiger partial charge < -0.3 is 5.11 Å². The molecule has 0 aliphatic carbocycles. The van der Waals surface area contributed by atoms with Crippen LogP contribution in [0.4, 0.5) is 0 Å². The van der Waals surface area contributed by atoms with Crippen molar-refractivity contribution in [3.8, 4) is 10.4 Å². The number of aryl methyl sites for hydroxylation is 1. The Hall–Kier alpha value is -1.20. The zero-order valence-electron chi connectivity index (χ0n) is 11.8. The van der Waals surface area contributed by atoms with Crippen LogP contribution in [0.5, 0.6) is 0 Å². The van der Waals surface area contributed by atoms with Crippen molar-refractivity contribution in [2.24, 2.45) is 0 Å². The van der Waals surface area contributed by atoms with Crippen LogP contribution in [-0.4, -0.2) is 16.1 Å². The molecular weight excluding hydrogens is 338 g/mol. The highest BCUT2D eigenvalue weighted by Crippen LogP contribution is 2.39. The number of nitrogens with zero attached hydrogens (tertiary/aromatic N) is 1. The monoisotopic (exact) mass is 353 g/mol. The Morgan fingerprint density at radius 2 is 2.00 bits per heavy atom. The molecule has 0 bridgehead atoms. The van der Waals surface area contributed by atoms with Gasteiger partial charge in [-0.1, -0.05) is 48.8 Å². The molecule has 0 spiro atoms. The molecule has 0 unspecified atom stereocenters. The molecule has 0 amide bonds. The number of hydrogen-bond donors (Lipinski definition) is 1. The molecule has 0 saturated carbocycles. The Bertz CT molecular complexity index is 671. The summed E-state index contributed by atoms with van der Waals surface area (Å²) in [5.74, 6) is -0.987. The second kappa shape index (κ2) is 5.30. The number of carboxylic acids is 1. The van der Waals surface area contributed by atoms with Crippen molar-refractivity contribution in [3.63, 3.8) is 0 Å². The molecule has 0 fully saturated rings. The highest BCUT2D eigenvalue weighted by atomic mass is 79.9. The fourth-order valence-electron chi connectivity index (χ4n) is 1.77. The Balaban J connectivity index is 2.66. The van der Waals surface area contributed by atoms with Crippen LogP contribution in [0.1, 0.15) is 41.8 Å². The van der Waals surface area contributed by atoms with E-state index < -0.39 is 5.97 Å².